The molecular formula is C13H28N2O. The molecule has 1 rings (SSSR count). The van der Waals surface area contributed by atoms with Gasteiger partial charge >= 0.3 is 0 Å². The van der Waals surface area contributed by atoms with E-state index in [2.05, 4.69) is 31.1 Å². The number of hydrogen-bond acceptors (Lipinski definition) is 3. The van der Waals surface area contributed by atoms with Crippen LogP contribution in [-0.2, 0) is 4.74 Å². The molecular weight excluding hydrogens is 200 g/mol. The van der Waals surface area contributed by atoms with E-state index in [9.17, 15) is 0 Å². The Morgan fingerprint density at radius 3 is 2.75 bits per heavy atom. The molecule has 1 unspecified atom stereocenters. The zero-order valence-electron chi connectivity index (χ0n) is 11.4. The number of likely N-dealkylation sites (tertiary alicyclic amines) is 1. The van der Waals surface area contributed by atoms with Gasteiger partial charge in [-0.15, -0.1) is 0 Å². The molecule has 1 atom stereocenters. The summed E-state index contributed by atoms with van der Waals surface area (Å²) in [6, 6.07) is 0.777. The fourth-order valence-electron chi connectivity index (χ4n) is 2.50. The van der Waals surface area contributed by atoms with Crippen LogP contribution >= 0.6 is 0 Å². The first-order valence-corrected chi connectivity index (χ1v) is 6.49. The van der Waals surface area contributed by atoms with Gasteiger partial charge in [0.25, 0.3) is 0 Å². The second-order valence-corrected chi connectivity index (χ2v) is 5.66. The van der Waals surface area contributed by atoms with Crippen LogP contribution in [0.15, 0.2) is 0 Å². The van der Waals surface area contributed by atoms with Crippen LogP contribution in [0.4, 0.5) is 0 Å². The van der Waals surface area contributed by atoms with Crippen LogP contribution < -0.4 is 5.32 Å². The van der Waals surface area contributed by atoms with Gasteiger partial charge in [-0.25, -0.2) is 0 Å². The molecule has 3 heteroatoms. The average molecular weight is 228 g/mol. The number of methoxy groups -OCH3 is 1. The molecule has 0 aromatic rings. The fraction of sp³-hybridized carbons (Fsp3) is 1.00. The van der Waals surface area contributed by atoms with Gasteiger partial charge in [0.1, 0.15) is 0 Å². The summed E-state index contributed by atoms with van der Waals surface area (Å²) in [6.07, 6.45) is 5.39. The summed E-state index contributed by atoms with van der Waals surface area (Å²) in [7, 11) is 4.02. The molecule has 0 aromatic heterocycles. The normalized spacial score (nSPS) is 23.6. The van der Waals surface area contributed by atoms with Crippen molar-refractivity contribution in [2.45, 2.75) is 51.1 Å². The van der Waals surface area contributed by atoms with Crippen molar-refractivity contribution >= 4 is 0 Å². The summed E-state index contributed by atoms with van der Waals surface area (Å²) in [4.78, 5) is 2.51. The van der Waals surface area contributed by atoms with E-state index in [0.29, 0.717) is 0 Å². The van der Waals surface area contributed by atoms with Crippen LogP contribution in [0.25, 0.3) is 0 Å². The Morgan fingerprint density at radius 1 is 1.38 bits per heavy atom. The fourth-order valence-corrected chi connectivity index (χ4v) is 2.50. The number of nitrogens with one attached hydrogen (secondary N) is 1. The highest BCUT2D eigenvalue weighted by Gasteiger charge is 2.20. The van der Waals surface area contributed by atoms with E-state index in [1.54, 1.807) is 7.11 Å². The third-order valence-electron chi connectivity index (χ3n) is 3.51. The first-order valence-electron chi connectivity index (χ1n) is 6.49. The van der Waals surface area contributed by atoms with Crippen molar-refractivity contribution in [3.8, 4) is 0 Å². The van der Waals surface area contributed by atoms with Gasteiger partial charge in [0, 0.05) is 18.7 Å². The number of ether oxygens (including phenoxy) is 1. The molecule has 1 heterocycles. The molecule has 0 aromatic carbocycles. The summed E-state index contributed by atoms with van der Waals surface area (Å²) in [5, 5.41) is 3.58. The molecule has 1 aliphatic heterocycles. The zero-order chi connectivity index (χ0) is 12.0. The monoisotopic (exact) mass is 228 g/mol. The summed E-state index contributed by atoms with van der Waals surface area (Å²) in [5.74, 6) is 0. The summed E-state index contributed by atoms with van der Waals surface area (Å²) in [5.41, 5.74) is 0.0992. The molecule has 0 amide bonds. The second-order valence-electron chi connectivity index (χ2n) is 5.66. The molecule has 0 aliphatic carbocycles. The van der Waals surface area contributed by atoms with Crippen molar-refractivity contribution in [3.05, 3.63) is 0 Å². The highest BCUT2D eigenvalue weighted by atomic mass is 16.5. The van der Waals surface area contributed by atoms with Crippen molar-refractivity contribution in [1.82, 2.24) is 10.2 Å². The van der Waals surface area contributed by atoms with E-state index in [0.717, 1.165) is 19.2 Å². The molecule has 0 spiro atoms. The Bertz CT molecular complexity index is 194. The van der Waals surface area contributed by atoms with Gasteiger partial charge in [-0.1, -0.05) is 6.42 Å². The minimum atomic E-state index is 0.0992. The first-order chi connectivity index (χ1) is 7.55. The van der Waals surface area contributed by atoms with Crippen LogP contribution in [-0.4, -0.2) is 50.3 Å². The molecule has 0 radical (unpaired) electrons. The van der Waals surface area contributed by atoms with E-state index in [-0.39, 0.29) is 5.54 Å². The summed E-state index contributed by atoms with van der Waals surface area (Å²) < 4.78 is 5.20. The van der Waals surface area contributed by atoms with Crippen molar-refractivity contribution in [2.75, 3.05) is 33.9 Å². The van der Waals surface area contributed by atoms with Gasteiger partial charge in [-0.2, -0.15) is 0 Å². The van der Waals surface area contributed by atoms with Crippen LogP contribution in [0.2, 0.25) is 0 Å². The van der Waals surface area contributed by atoms with Crippen LogP contribution in [0.5, 0.6) is 0 Å². The van der Waals surface area contributed by atoms with Gasteiger partial charge in [0.05, 0.1) is 6.61 Å². The minimum Gasteiger partial charge on any atom is -0.383 e. The lowest BCUT2D eigenvalue weighted by Gasteiger charge is -2.34. The maximum Gasteiger partial charge on any atom is 0.0639 e. The molecule has 0 bridgehead atoms. The van der Waals surface area contributed by atoms with Gasteiger partial charge in [0.15, 0.2) is 0 Å². The predicted molar refractivity (Wildman–Crippen MR) is 68.8 cm³/mol. The lowest BCUT2D eigenvalue weighted by Crippen LogP contribution is -2.46. The Morgan fingerprint density at radius 2 is 2.12 bits per heavy atom. The molecule has 1 aliphatic rings. The minimum absolute atomic E-state index is 0.0992. The molecule has 1 saturated heterocycles. The maximum absolute atomic E-state index is 5.20. The molecule has 1 fully saturated rings. The van der Waals surface area contributed by atoms with Crippen LogP contribution in [0.1, 0.15) is 39.5 Å². The smallest absolute Gasteiger partial charge is 0.0639 e. The van der Waals surface area contributed by atoms with E-state index in [1.807, 2.05) is 0 Å². The lowest BCUT2D eigenvalue weighted by atomic mass is 9.99. The topological polar surface area (TPSA) is 24.5 Å². The van der Waals surface area contributed by atoms with Crippen molar-refractivity contribution in [2.24, 2.45) is 0 Å². The molecule has 3 nitrogen and oxygen atoms in total. The number of hydrogen-bond donors (Lipinski definition) is 1. The Hall–Kier alpha value is -0.120. The highest BCUT2D eigenvalue weighted by Crippen LogP contribution is 2.17. The van der Waals surface area contributed by atoms with Gasteiger partial charge in [-0.3, -0.25) is 0 Å². The largest absolute Gasteiger partial charge is 0.383 e. The van der Waals surface area contributed by atoms with Crippen molar-refractivity contribution < 1.29 is 4.74 Å². The van der Waals surface area contributed by atoms with Crippen molar-refractivity contribution in [3.63, 3.8) is 0 Å². The van der Waals surface area contributed by atoms with Crippen molar-refractivity contribution in [1.29, 1.82) is 0 Å². The Balaban J connectivity index is 2.18. The SMILES string of the molecule is COCC(C)(C)NCCC1CCCCN1C. The predicted octanol–water partition coefficient (Wildman–Crippen LogP) is 1.88. The quantitative estimate of drug-likeness (QED) is 0.751. The average Bonchev–Trinajstić information content (AvgIpc) is 2.20. The van der Waals surface area contributed by atoms with Gasteiger partial charge in [-0.05, 0) is 53.2 Å². The number of piperidine rings is 1. The number of nitrogens with zero attached hydrogens (tertiary/aromatic N) is 1. The van der Waals surface area contributed by atoms with E-state index in [1.165, 1.54) is 32.2 Å². The Labute approximate surface area is 101 Å². The third-order valence-corrected chi connectivity index (χ3v) is 3.51. The van der Waals surface area contributed by atoms with E-state index < -0.39 is 0 Å². The standard InChI is InChI=1S/C13H28N2O/c1-13(2,11-16-4)14-9-8-12-7-5-6-10-15(12)3/h12,14H,5-11H2,1-4H3. The maximum atomic E-state index is 5.20. The van der Waals surface area contributed by atoms with Gasteiger partial charge in [0.2, 0.25) is 0 Å². The van der Waals surface area contributed by atoms with Crippen LogP contribution in [0.3, 0.4) is 0 Å². The molecule has 96 valence electrons. The lowest BCUT2D eigenvalue weighted by molar-refractivity contribution is 0.122. The molecule has 1 N–H and O–H groups in total. The van der Waals surface area contributed by atoms with Gasteiger partial charge < -0.3 is 15.0 Å². The molecule has 0 saturated carbocycles. The van der Waals surface area contributed by atoms with Crippen LogP contribution in [0, 0.1) is 0 Å². The van der Waals surface area contributed by atoms with E-state index >= 15 is 0 Å². The Kier molecular flexibility index (Phi) is 5.73. The summed E-state index contributed by atoms with van der Waals surface area (Å²) >= 11 is 0. The zero-order valence-corrected chi connectivity index (χ0v) is 11.4. The second kappa shape index (κ2) is 6.58. The summed E-state index contributed by atoms with van der Waals surface area (Å²) in [6.45, 7) is 7.52. The third kappa shape index (κ3) is 4.81. The number of rotatable bonds is 6. The van der Waals surface area contributed by atoms with E-state index in [4.69, 9.17) is 4.74 Å². The first kappa shape index (κ1) is 13.9. The molecule has 16 heavy (non-hydrogen) atoms. The highest BCUT2D eigenvalue weighted by molar-refractivity contribution is 4.80.